The van der Waals surface area contributed by atoms with Crippen molar-refractivity contribution in [3.8, 4) is 0 Å². The number of fused-ring (bicyclic) bond motifs is 2. The van der Waals surface area contributed by atoms with Crippen LogP contribution in [0, 0.1) is 16.2 Å². The molecule has 1 saturated heterocycles. The second-order valence-electron chi connectivity index (χ2n) is 8.36. The van der Waals surface area contributed by atoms with Gasteiger partial charge in [0.05, 0.1) is 25.2 Å². The summed E-state index contributed by atoms with van der Waals surface area (Å²) in [5, 5.41) is 3.14. The Kier molecular flexibility index (Phi) is 4.30. The summed E-state index contributed by atoms with van der Waals surface area (Å²) in [5.74, 6) is 0.385. The molecule has 2 N–H and O–H groups in total. The zero-order valence-electron chi connectivity index (χ0n) is 14.8. The van der Waals surface area contributed by atoms with Crippen LogP contribution in [0.2, 0.25) is 0 Å². The van der Waals surface area contributed by atoms with Crippen molar-refractivity contribution in [2.75, 3.05) is 39.4 Å². The van der Waals surface area contributed by atoms with Gasteiger partial charge in [0.1, 0.15) is 18.9 Å². The zero-order chi connectivity index (χ0) is 16.7. The molecule has 1 heterocycles. The van der Waals surface area contributed by atoms with Gasteiger partial charge in [0.15, 0.2) is 0 Å². The van der Waals surface area contributed by atoms with E-state index in [1.54, 1.807) is 4.90 Å². The zero-order valence-corrected chi connectivity index (χ0v) is 14.8. The molecule has 2 saturated carbocycles. The van der Waals surface area contributed by atoms with Crippen LogP contribution >= 0.6 is 0 Å². The second kappa shape index (κ2) is 5.85. The minimum atomic E-state index is -0.481. The van der Waals surface area contributed by atoms with Gasteiger partial charge in [0.2, 0.25) is 5.91 Å². The van der Waals surface area contributed by atoms with Gasteiger partial charge in [-0.2, -0.15) is 0 Å². The van der Waals surface area contributed by atoms with Gasteiger partial charge in [-0.1, -0.05) is 20.8 Å². The molecule has 3 rings (SSSR count). The number of hydrogen-bond acceptors (Lipinski definition) is 3. The Bertz CT molecular complexity index is 498. The first-order valence-corrected chi connectivity index (χ1v) is 9.06. The van der Waals surface area contributed by atoms with Gasteiger partial charge in [-0.3, -0.25) is 9.59 Å². The van der Waals surface area contributed by atoms with Gasteiger partial charge in [-0.25, -0.2) is 0 Å². The molecule has 130 valence electrons. The van der Waals surface area contributed by atoms with Crippen molar-refractivity contribution in [1.29, 1.82) is 0 Å². The monoisotopic (exact) mass is 323 g/mol. The number of quaternary nitrogens is 1. The molecule has 0 aromatic carbocycles. The molecule has 2 aliphatic carbocycles. The molecule has 0 aromatic heterocycles. The van der Waals surface area contributed by atoms with Crippen molar-refractivity contribution in [3.63, 3.8) is 0 Å². The lowest BCUT2D eigenvalue weighted by atomic mass is 9.64. The summed E-state index contributed by atoms with van der Waals surface area (Å²) < 4.78 is 5.36. The third-order valence-corrected chi connectivity index (χ3v) is 7.33. The number of ether oxygens (including phenoxy) is 1. The molecular formula is C18H31N2O3+. The topological polar surface area (TPSA) is 59.8 Å². The van der Waals surface area contributed by atoms with Crippen molar-refractivity contribution in [2.24, 2.45) is 16.2 Å². The summed E-state index contributed by atoms with van der Waals surface area (Å²) in [4.78, 5) is 26.9. The molecule has 0 unspecified atom stereocenters. The van der Waals surface area contributed by atoms with Gasteiger partial charge >= 0.3 is 0 Å². The number of ketones is 1. The normalized spacial score (nSPS) is 36.4. The smallest absolute Gasteiger partial charge is 0.227 e. The van der Waals surface area contributed by atoms with Crippen molar-refractivity contribution >= 4 is 11.7 Å². The van der Waals surface area contributed by atoms with E-state index >= 15 is 0 Å². The van der Waals surface area contributed by atoms with Gasteiger partial charge in [0.25, 0.3) is 0 Å². The SMILES string of the molecule is CC1(C)[C@@]2(C(=O)NCCC[NH+]3CCOCC3)CC[C@@]1(C)C(=O)C2. The number of hydrogen-bond donors (Lipinski definition) is 2. The third kappa shape index (κ3) is 2.43. The van der Waals surface area contributed by atoms with Crippen molar-refractivity contribution in [2.45, 2.75) is 46.5 Å². The van der Waals surface area contributed by atoms with E-state index in [0.717, 1.165) is 52.1 Å². The van der Waals surface area contributed by atoms with Crippen LogP contribution in [0.1, 0.15) is 46.5 Å². The first-order chi connectivity index (χ1) is 10.8. The predicted molar refractivity (Wildman–Crippen MR) is 87.2 cm³/mol. The number of carbonyl (C=O) groups is 2. The highest BCUT2D eigenvalue weighted by molar-refractivity contribution is 5.99. The molecule has 1 amide bonds. The molecule has 5 nitrogen and oxygen atoms in total. The highest BCUT2D eigenvalue weighted by atomic mass is 16.5. The minimum absolute atomic E-state index is 0.106. The number of carbonyl (C=O) groups excluding carboxylic acids is 2. The Hall–Kier alpha value is -0.940. The molecule has 2 atom stereocenters. The fourth-order valence-corrected chi connectivity index (χ4v) is 4.98. The molecule has 5 heteroatoms. The number of nitrogens with one attached hydrogen (secondary N) is 2. The van der Waals surface area contributed by atoms with Crippen LogP contribution in [0.25, 0.3) is 0 Å². The third-order valence-electron chi connectivity index (χ3n) is 7.33. The van der Waals surface area contributed by atoms with Crippen LogP contribution in [0.4, 0.5) is 0 Å². The molecule has 3 aliphatic rings. The maximum absolute atomic E-state index is 12.9. The lowest BCUT2D eigenvalue weighted by Crippen LogP contribution is -3.14. The Morgan fingerprint density at radius 2 is 1.91 bits per heavy atom. The summed E-state index contributed by atoms with van der Waals surface area (Å²) in [6, 6.07) is 0. The number of morpholine rings is 1. The summed E-state index contributed by atoms with van der Waals surface area (Å²) in [6.07, 6.45) is 3.12. The van der Waals surface area contributed by atoms with Gasteiger partial charge < -0.3 is 15.0 Å². The summed E-state index contributed by atoms with van der Waals surface area (Å²) in [5.41, 5.74) is -1.04. The van der Waals surface area contributed by atoms with E-state index in [0.29, 0.717) is 13.0 Å². The molecule has 0 spiro atoms. The predicted octanol–water partition coefficient (Wildman–Crippen LogP) is 0.193. The first kappa shape index (κ1) is 16.9. The number of Topliss-reactive ketones (excluding diaryl/α,β-unsaturated/α-hetero) is 1. The van der Waals surface area contributed by atoms with E-state index in [-0.39, 0.29) is 22.5 Å². The Balaban J connectivity index is 1.53. The van der Waals surface area contributed by atoms with Crippen molar-refractivity contribution < 1.29 is 19.2 Å². The summed E-state index contributed by atoms with van der Waals surface area (Å²) in [6.45, 7) is 11.9. The van der Waals surface area contributed by atoms with Crippen LogP contribution < -0.4 is 10.2 Å². The van der Waals surface area contributed by atoms with E-state index < -0.39 is 5.41 Å². The van der Waals surface area contributed by atoms with E-state index in [9.17, 15) is 9.59 Å². The van der Waals surface area contributed by atoms with Gasteiger partial charge in [-0.05, 0) is 18.3 Å². The lowest BCUT2D eigenvalue weighted by molar-refractivity contribution is -0.908. The Morgan fingerprint density at radius 1 is 1.22 bits per heavy atom. The van der Waals surface area contributed by atoms with Crippen molar-refractivity contribution in [3.05, 3.63) is 0 Å². The van der Waals surface area contributed by atoms with E-state index in [4.69, 9.17) is 4.74 Å². The highest BCUT2D eigenvalue weighted by Crippen LogP contribution is 2.70. The maximum Gasteiger partial charge on any atom is 0.227 e. The lowest BCUT2D eigenvalue weighted by Gasteiger charge is -2.38. The molecule has 1 aliphatic heterocycles. The molecule has 2 bridgehead atoms. The number of amides is 1. The van der Waals surface area contributed by atoms with Crippen LogP contribution in [0.15, 0.2) is 0 Å². The largest absolute Gasteiger partial charge is 0.370 e. The van der Waals surface area contributed by atoms with E-state index in [2.05, 4.69) is 26.1 Å². The van der Waals surface area contributed by atoms with E-state index in [1.807, 2.05) is 0 Å². The summed E-state index contributed by atoms with van der Waals surface area (Å²) >= 11 is 0. The average molecular weight is 323 g/mol. The molecule has 3 fully saturated rings. The second-order valence-corrected chi connectivity index (χ2v) is 8.36. The summed E-state index contributed by atoms with van der Waals surface area (Å²) in [7, 11) is 0. The molecular weight excluding hydrogens is 292 g/mol. The van der Waals surface area contributed by atoms with E-state index in [1.165, 1.54) is 0 Å². The number of rotatable bonds is 5. The fourth-order valence-electron chi connectivity index (χ4n) is 4.98. The molecule has 0 radical (unpaired) electrons. The van der Waals surface area contributed by atoms with Gasteiger partial charge in [-0.15, -0.1) is 0 Å². The maximum atomic E-state index is 12.9. The van der Waals surface area contributed by atoms with Gasteiger partial charge in [0, 0.05) is 24.8 Å². The molecule has 0 aromatic rings. The quantitative estimate of drug-likeness (QED) is 0.710. The average Bonchev–Trinajstić information content (AvgIpc) is 2.83. The standard InChI is InChI=1S/C18H30N2O3/c1-16(2)17(3)5-6-18(16,13-14(17)21)15(22)19-7-4-8-20-9-11-23-12-10-20/h4-13H2,1-3H3,(H,19,22)/p+1/t17-,18-/m0/s1. The van der Waals surface area contributed by atoms with Crippen LogP contribution in [0.3, 0.4) is 0 Å². The van der Waals surface area contributed by atoms with Crippen LogP contribution in [0.5, 0.6) is 0 Å². The fraction of sp³-hybridized carbons (Fsp3) is 0.889. The van der Waals surface area contributed by atoms with Crippen LogP contribution in [-0.4, -0.2) is 51.1 Å². The van der Waals surface area contributed by atoms with Crippen molar-refractivity contribution in [1.82, 2.24) is 5.32 Å². The minimum Gasteiger partial charge on any atom is -0.370 e. The Morgan fingerprint density at radius 3 is 2.48 bits per heavy atom. The molecule has 23 heavy (non-hydrogen) atoms. The Labute approximate surface area is 139 Å². The van der Waals surface area contributed by atoms with Crippen LogP contribution in [-0.2, 0) is 14.3 Å². The highest BCUT2D eigenvalue weighted by Gasteiger charge is 2.72. The first-order valence-electron chi connectivity index (χ1n) is 9.06.